The molecular weight excluding hydrogens is 198 g/mol. The molecule has 0 aliphatic rings. The molecule has 1 heterocycles. The van der Waals surface area contributed by atoms with Crippen molar-refractivity contribution in [2.45, 2.75) is 24.1 Å². The lowest BCUT2D eigenvalue weighted by atomic mass is 10.5. The number of rotatable bonds is 5. The van der Waals surface area contributed by atoms with Gasteiger partial charge in [-0.2, -0.15) is 0 Å². The van der Waals surface area contributed by atoms with Gasteiger partial charge in [-0.15, -0.1) is 0 Å². The van der Waals surface area contributed by atoms with Gasteiger partial charge in [0.05, 0.1) is 19.0 Å². The van der Waals surface area contributed by atoms with Gasteiger partial charge in [-0.1, -0.05) is 18.7 Å². The van der Waals surface area contributed by atoms with Crippen LogP contribution in [0.15, 0.2) is 17.4 Å². The third kappa shape index (κ3) is 3.51. The Morgan fingerprint density at radius 2 is 2.36 bits per heavy atom. The minimum Gasteiger partial charge on any atom is -0.395 e. The highest BCUT2D eigenvalue weighted by molar-refractivity contribution is 7.99. The number of hydrogen-bond acceptors (Lipinski definition) is 5. The number of aliphatic hydroxyl groups excluding tert-OH is 1. The van der Waals surface area contributed by atoms with E-state index in [-0.39, 0.29) is 11.9 Å². The zero-order chi connectivity index (χ0) is 10.4. The first-order chi connectivity index (χ1) is 6.76. The maximum Gasteiger partial charge on any atom is 0.145 e. The Labute approximate surface area is 88.2 Å². The molecule has 4 nitrogen and oxygen atoms in total. The standard InChI is InChI=1S/C9H15N3OS/c1-3-11-8-4-10-5-9(12-8)14-7(2)6-13/h4-5,7,13H,3,6H2,1-2H3,(H,11,12). The molecule has 78 valence electrons. The summed E-state index contributed by atoms with van der Waals surface area (Å²) in [5.74, 6) is 0.780. The van der Waals surface area contributed by atoms with Crippen molar-refractivity contribution >= 4 is 17.6 Å². The van der Waals surface area contributed by atoms with Crippen molar-refractivity contribution in [3.8, 4) is 0 Å². The summed E-state index contributed by atoms with van der Waals surface area (Å²) >= 11 is 1.52. The summed E-state index contributed by atoms with van der Waals surface area (Å²) in [6.07, 6.45) is 3.40. The van der Waals surface area contributed by atoms with Crippen molar-refractivity contribution in [2.24, 2.45) is 0 Å². The van der Waals surface area contributed by atoms with Gasteiger partial charge in [0.2, 0.25) is 0 Å². The number of aliphatic hydroxyl groups is 1. The van der Waals surface area contributed by atoms with E-state index in [0.29, 0.717) is 0 Å². The molecule has 2 N–H and O–H groups in total. The molecule has 1 aromatic heterocycles. The second-order valence-corrected chi connectivity index (χ2v) is 4.34. The van der Waals surface area contributed by atoms with Crippen molar-refractivity contribution in [1.82, 2.24) is 9.97 Å². The molecule has 0 saturated carbocycles. The smallest absolute Gasteiger partial charge is 0.145 e. The molecule has 1 aromatic rings. The van der Waals surface area contributed by atoms with E-state index in [1.807, 2.05) is 13.8 Å². The normalized spacial score (nSPS) is 12.5. The molecule has 1 rings (SSSR count). The zero-order valence-corrected chi connectivity index (χ0v) is 9.21. The van der Waals surface area contributed by atoms with E-state index in [1.54, 1.807) is 12.4 Å². The SMILES string of the molecule is CCNc1cncc(SC(C)CO)n1. The van der Waals surface area contributed by atoms with Gasteiger partial charge in [0, 0.05) is 11.8 Å². The maximum atomic E-state index is 8.88. The van der Waals surface area contributed by atoms with Crippen LogP contribution in [0.4, 0.5) is 5.82 Å². The molecule has 0 fully saturated rings. The highest BCUT2D eigenvalue weighted by Gasteiger charge is 2.04. The van der Waals surface area contributed by atoms with Crippen LogP contribution in [0.3, 0.4) is 0 Å². The lowest BCUT2D eigenvalue weighted by molar-refractivity contribution is 0.300. The molecule has 0 radical (unpaired) electrons. The predicted octanol–water partition coefficient (Wildman–Crippen LogP) is 1.38. The van der Waals surface area contributed by atoms with Crippen molar-refractivity contribution < 1.29 is 5.11 Å². The van der Waals surface area contributed by atoms with E-state index in [1.165, 1.54) is 11.8 Å². The summed E-state index contributed by atoms with van der Waals surface area (Å²) in [7, 11) is 0. The highest BCUT2D eigenvalue weighted by Crippen LogP contribution is 2.20. The van der Waals surface area contributed by atoms with Crippen LogP contribution in [0.25, 0.3) is 0 Å². The summed E-state index contributed by atoms with van der Waals surface area (Å²) in [4.78, 5) is 8.39. The molecular formula is C9H15N3OS. The molecule has 14 heavy (non-hydrogen) atoms. The fourth-order valence-electron chi connectivity index (χ4n) is 0.915. The summed E-state index contributed by atoms with van der Waals surface area (Å²) in [6, 6.07) is 0. The Kier molecular flexibility index (Phi) is 4.69. The molecule has 0 spiro atoms. The summed E-state index contributed by atoms with van der Waals surface area (Å²) in [5, 5.41) is 13.0. The van der Waals surface area contributed by atoms with Gasteiger partial charge in [-0.3, -0.25) is 4.98 Å². The number of nitrogens with zero attached hydrogens (tertiary/aromatic N) is 2. The van der Waals surface area contributed by atoms with Gasteiger partial charge < -0.3 is 10.4 Å². The summed E-state index contributed by atoms with van der Waals surface area (Å²) < 4.78 is 0. The van der Waals surface area contributed by atoms with Gasteiger partial charge in [-0.25, -0.2) is 4.98 Å². The topological polar surface area (TPSA) is 58.0 Å². The van der Waals surface area contributed by atoms with E-state index in [9.17, 15) is 0 Å². The molecule has 5 heteroatoms. The summed E-state index contributed by atoms with van der Waals surface area (Å²) in [6.45, 7) is 4.94. The Morgan fingerprint density at radius 3 is 3.00 bits per heavy atom. The third-order valence-electron chi connectivity index (χ3n) is 1.55. The number of thioether (sulfide) groups is 1. The van der Waals surface area contributed by atoms with Crippen molar-refractivity contribution in [2.75, 3.05) is 18.5 Å². The fourth-order valence-corrected chi connectivity index (χ4v) is 1.67. The van der Waals surface area contributed by atoms with Crippen LogP contribution >= 0.6 is 11.8 Å². The maximum absolute atomic E-state index is 8.88. The molecule has 0 aliphatic carbocycles. The van der Waals surface area contributed by atoms with E-state index < -0.39 is 0 Å². The van der Waals surface area contributed by atoms with Gasteiger partial charge >= 0.3 is 0 Å². The fraction of sp³-hybridized carbons (Fsp3) is 0.556. The van der Waals surface area contributed by atoms with Crippen LogP contribution in [-0.4, -0.2) is 33.5 Å². The Morgan fingerprint density at radius 1 is 1.57 bits per heavy atom. The molecule has 0 bridgehead atoms. The van der Waals surface area contributed by atoms with E-state index >= 15 is 0 Å². The first kappa shape index (κ1) is 11.3. The minimum atomic E-state index is 0.151. The quantitative estimate of drug-likeness (QED) is 0.724. The number of nitrogens with one attached hydrogen (secondary N) is 1. The Balaban J connectivity index is 2.63. The first-order valence-electron chi connectivity index (χ1n) is 4.59. The monoisotopic (exact) mass is 213 g/mol. The predicted molar refractivity (Wildman–Crippen MR) is 58.6 cm³/mol. The number of anilines is 1. The number of aromatic nitrogens is 2. The van der Waals surface area contributed by atoms with Crippen molar-refractivity contribution in [3.05, 3.63) is 12.4 Å². The van der Waals surface area contributed by atoms with Gasteiger partial charge in [0.1, 0.15) is 10.8 Å². The molecule has 1 unspecified atom stereocenters. The minimum absolute atomic E-state index is 0.151. The average molecular weight is 213 g/mol. The van der Waals surface area contributed by atoms with Crippen LogP contribution in [-0.2, 0) is 0 Å². The zero-order valence-electron chi connectivity index (χ0n) is 8.40. The van der Waals surface area contributed by atoms with Gasteiger partial charge in [0.15, 0.2) is 0 Å². The third-order valence-corrected chi connectivity index (χ3v) is 2.54. The highest BCUT2D eigenvalue weighted by atomic mass is 32.2. The molecule has 0 amide bonds. The number of hydrogen-bond donors (Lipinski definition) is 2. The summed E-state index contributed by atoms with van der Waals surface area (Å²) in [5.41, 5.74) is 0. The Hall–Kier alpha value is -0.810. The molecule has 0 aromatic carbocycles. The van der Waals surface area contributed by atoms with Crippen LogP contribution in [0.1, 0.15) is 13.8 Å². The lowest BCUT2D eigenvalue weighted by Crippen LogP contribution is -2.04. The van der Waals surface area contributed by atoms with E-state index in [2.05, 4.69) is 15.3 Å². The van der Waals surface area contributed by atoms with E-state index in [4.69, 9.17) is 5.11 Å². The largest absolute Gasteiger partial charge is 0.395 e. The molecule has 0 aliphatic heterocycles. The second-order valence-electron chi connectivity index (χ2n) is 2.88. The first-order valence-corrected chi connectivity index (χ1v) is 5.47. The van der Waals surface area contributed by atoms with Gasteiger partial charge in [0.25, 0.3) is 0 Å². The van der Waals surface area contributed by atoms with Crippen molar-refractivity contribution in [3.63, 3.8) is 0 Å². The van der Waals surface area contributed by atoms with Crippen LogP contribution in [0.2, 0.25) is 0 Å². The van der Waals surface area contributed by atoms with Gasteiger partial charge in [-0.05, 0) is 6.92 Å². The lowest BCUT2D eigenvalue weighted by Gasteiger charge is -2.07. The van der Waals surface area contributed by atoms with Crippen LogP contribution in [0.5, 0.6) is 0 Å². The average Bonchev–Trinajstić information content (AvgIpc) is 2.19. The van der Waals surface area contributed by atoms with Crippen LogP contribution in [0, 0.1) is 0 Å². The Bertz CT molecular complexity index is 283. The van der Waals surface area contributed by atoms with E-state index in [0.717, 1.165) is 17.4 Å². The van der Waals surface area contributed by atoms with Crippen LogP contribution < -0.4 is 5.32 Å². The second kappa shape index (κ2) is 5.82. The van der Waals surface area contributed by atoms with Crippen molar-refractivity contribution in [1.29, 1.82) is 0 Å². The molecule has 1 atom stereocenters. The molecule has 0 saturated heterocycles.